The number of methoxy groups -OCH3 is 1. The maximum absolute atomic E-state index is 13.5. The van der Waals surface area contributed by atoms with Crippen molar-refractivity contribution in [3.63, 3.8) is 0 Å². The average Bonchev–Trinajstić information content (AvgIpc) is 3.45. The molecule has 33 heavy (non-hydrogen) atoms. The average molecular weight is 472 g/mol. The third-order valence-corrected chi connectivity index (χ3v) is 6.91. The molecule has 174 valence electrons. The van der Waals surface area contributed by atoms with Crippen LogP contribution in [0.3, 0.4) is 0 Å². The molecule has 2 saturated heterocycles. The number of nitrogens with one attached hydrogen (secondary N) is 2. The van der Waals surface area contributed by atoms with Crippen molar-refractivity contribution in [1.82, 2.24) is 20.2 Å². The number of anilines is 2. The quantitative estimate of drug-likeness (QED) is 0.534. The van der Waals surface area contributed by atoms with Crippen molar-refractivity contribution in [3.05, 3.63) is 47.5 Å². The van der Waals surface area contributed by atoms with Crippen LogP contribution in [0.5, 0.6) is 11.5 Å². The molecule has 5 rings (SSSR count). The molecule has 0 radical (unpaired) electrons. The van der Waals surface area contributed by atoms with Crippen molar-refractivity contribution in [2.24, 2.45) is 5.41 Å². The van der Waals surface area contributed by atoms with Gasteiger partial charge in [0.2, 0.25) is 0 Å². The number of halogens is 2. The van der Waals surface area contributed by atoms with Crippen LogP contribution in [0.15, 0.2) is 36.7 Å². The fourth-order valence-electron chi connectivity index (χ4n) is 4.79. The fourth-order valence-corrected chi connectivity index (χ4v) is 4.97. The number of ether oxygens (including phenoxy) is 2. The van der Waals surface area contributed by atoms with Crippen molar-refractivity contribution < 1.29 is 13.9 Å². The Kier molecular flexibility index (Phi) is 6.23. The van der Waals surface area contributed by atoms with E-state index in [1.807, 2.05) is 12.1 Å². The zero-order chi connectivity index (χ0) is 22.8. The first-order chi connectivity index (χ1) is 16.0. The summed E-state index contributed by atoms with van der Waals surface area (Å²) in [6.07, 6.45) is 3.98. The highest BCUT2D eigenvalue weighted by atomic mass is 35.5. The molecule has 3 aromatic rings. The molecule has 1 unspecified atom stereocenters. The van der Waals surface area contributed by atoms with E-state index in [-0.39, 0.29) is 5.02 Å². The van der Waals surface area contributed by atoms with Gasteiger partial charge in [0.25, 0.3) is 0 Å². The van der Waals surface area contributed by atoms with Gasteiger partial charge in [-0.1, -0.05) is 11.6 Å². The molecule has 2 aromatic carbocycles. The summed E-state index contributed by atoms with van der Waals surface area (Å²) in [6, 6.07) is 8.17. The Labute approximate surface area is 197 Å². The fraction of sp³-hybridized carbons (Fsp3) is 0.417. The van der Waals surface area contributed by atoms with Gasteiger partial charge in [0.05, 0.1) is 17.6 Å². The monoisotopic (exact) mass is 471 g/mol. The summed E-state index contributed by atoms with van der Waals surface area (Å²) in [5, 5.41) is 7.51. The van der Waals surface area contributed by atoms with E-state index in [2.05, 4.69) is 25.5 Å². The van der Waals surface area contributed by atoms with Crippen molar-refractivity contribution in [2.45, 2.75) is 12.8 Å². The largest absolute Gasteiger partial charge is 0.493 e. The number of aromatic nitrogens is 2. The summed E-state index contributed by atoms with van der Waals surface area (Å²) in [6.45, 7) is 5.92. The molecule has 0 amide bonds. The van der Waals surface area contributed by atoms with Crippen LogP contribution in [0.1, 0.15) is 12.8 Å². The lowest BCUT2D eigenvalue weighted by molar-refractivity contribution is 0.213. The smallest absolute Gasteiger partial charge is 0.162 e. The van der Waals surface area contributed by atoms with E-state index in [0.29, 0.717) is 40.5 Å². The lowest BCUT2D eigenvalue weighted by Gasteiger charge is -2.23. The van der Waals surface area contributed by atoms with Crippen LogP contribution >= 0.6 is 11.6 Å². The maximum Gasteiger partial charge on any atom is 0.162 e. The molecule has 3 heterocycles. The number of benzene rings is 2. The van der Waals surface area contributed by atoms with Crippen molar-refractivity contribution in [3.8, 4) is 11.5 Å². The van der Waals surface area contributed by atoms with Crippen molar-refractivity contribution >= 4 is 34.0 Å². The first kappa shape index (κ1) is 22.1. The van der Waals surface area contributed by atoms with Gasteiger partial charge in [-0.05, 0) is 55.6 Å². The summed E-state index contributed by atoms with van der Waals surface area (Å²) < 4.78 is 25.2. The standard InChI is InChI=1S/C24H27ClFN5O2/c1-32-21-12-20-17(23(29-15-28-20)30-16-2-3-19(26)18(25)10-16)11-22(21)33-9-8-31-7-5-24(14-31)4-6-27-13-24/h2-3,10-12,15,27H,4-9,13-14H2,1H3,(H,28,29,30). The number of hydrogen-bond acceptors (Lipinski definition) is 7. The second kappa shape index (κ2) is 9.29. The van der Waals surface area contributed by atoms with Crippen molar-refractivity contribution in [1.29, 1.82) is 0 Å². The minimum atomic E-state index is -0.469. The highest BCUT2D eigenvalue weighted by Crippen LogP contribution is 2.37. The van der Waals surface area contributed by atoms with E-state index in [9.17, 15) is 4.39 Å². The van der Waals surface area contributed by atoms with Gasteiger partial charge in [0.1, 0.15) is 24.6 Å². The van der Waals surface area contributed by atoms with Gasteiger partial charge in [-0.3, -0.25) is 4.90 Å². The van der Waals surface area contributed by atoms with E-state index >= 15 is 0 Å². The summed E-state index contributed by atoms with van der Waals surface area (Å²) in [7, 11) is 1.62. The van der Waals surface area contributed by atoms with E-state index in [1.54, 1.807) is 13.2 Å². The van der Waals surface area contributed by atoms with E-state index in [4.69, 9.17) is 21.1 Å². The summed E-state index contributed by atoms with van der Waals surface area (Å²) >= 11 is 5.92. The molecule has 2 fully saturated rings. The van der Waals surface area contributed by atoms with Crippen LogP contribution in [0, 0.1) is 11.2 Å². The molecule has 2 aliphatic rings. The Morgan fingerprint density at radius 1 is 1.21 bits per heavy atom. The number of likely N-dealkylation sites (tertiary alicyclic amines) is 1. The Hall–Kier alpha value is -2.68. The summed E-state index contributed by atoms with van der Waals surface area (Å²) in [4.78, 5) is 11.2. The van der Waals surface area contributed by atoms with Crippen LogP contribution < -0.4 is 20.1 Å². The zero-order valence-corrected chi connectivity index (χ0v) is 19.3. The van der Waals surface area contributed by atoms with Crippen molar-refractivity contribution in [2.75, 3.05) is 51.8 Å². The molecule has 1 spiro atoms. The molecule has 0 saturated carbocycles. The number of hydrogen-bond donors (Lipinski definition) is 2. The Balaban J connectivity index is 1.32. The number of rotatable bonds is 7. The van der Waals surface area contributed by atoms with Crippen LogP contribution in [-0.2, 0) is 0 Å². The predicted octanol–water partition coefficient (Wildman–Crippen LogP) is 4.24. The molecule has 7 nitrogen and oxygen atoms in total. The maximum atomic E-state index is 13.5. The molecule has 9 heteroatoms. The first-order valence-electron chi connectivity index (χ1n) is 11.2. The molecular formula is C24H27ClFN5O2. The Morgan fingerprint density at radius 2 is 2.12 bits per heavy atom. The molecule has 1 aromatic heterocycles. The van der Waals surface area contributed by atoms with Gasteiger partial charge in [-0.2, -0.15) is 0 Å². The first-order valence-corrected chi connectivity index (χ1v) is 11.5. The zero-order valence-electron chi connectivity index (χ0n) is 18.5. The third-order valence-electron chi connectivity index (χ3n) is 6.62. The summed E-state index contributed by atoms with van der Waals surface area (Å²) in [5.41, 5.74) is 1.78. The number of nitrogens with zero attached hydrogens (tertiary/aromatic N) is 3. The minimum Gasteiger partial charge on any atom is -0.493 e. The van der Waals surface area contributed by atoms with Gasteiger partial charge >= 0.3 is 0 Å². The molecule has 0 bridgehead atoms. The van der Waals surface area contributed by atoms with Crippen LogP contribution in [-0.4, -0.2) is 61.3 Å². The highest BCUT2D eigenvalue weighted by molar-refractivity contribution is 6.31. The third kappa shape index (κ3) is 4.69. The topological polar surface area (TPSA) is 71.5 Å². The van der Waals surface area contributed by atoms with Crippen LogP contribution in [0.4, 0.5) is 15.9 Å². The molecule has 2 aliphatic heterocycles. The predicted molar refractivity (Wildman–Crippen MR) is 127 cm³/mol. The number of fused-ring (bicyclic) bond motifs is 1. The SMILES string of the molecule is COc1cc2ncnc(Nc3ccc(F)c(Cl)c3)c2cc1OCCN1CCC2(CCNC2)C1. The van der Waals surface area contributed by atoms with Gasteiger partial charge in [0.15, 0.2) is 11.5 Å². The van der Waals surface area contributed by atoms with Gasteiger partial charge in [-0.25, -0.2) is 14.4 Å². The second-order valence-electron chi connectivity index (χ2n) is 8.80. The normalized spacial score (nSPS) is 20.6. The van der Waals surface area contributed by atoms with Crippen LogP contribution in [0.25, 0.3) is 10.9 Å². The Morgan fingerprint density at radius 3 is 2.91 bits per heavy atom. The summed E-state index contributed by atoms with van der Waals surface area (Å²) in [5.74, 6) is 1.36. The van der Waals surface area contributed by atoms with Gasteiger partial charge < -0.3 is 20.1 Å². The molecule has 2 N–H and O–H groups in total. The van der Waals surface area contributed by atoms with E-state index in [1.165, 1.54) is 31.3 Å². The van der Waals surface area contributed by atoms with Crippen LogP contribution in [0.2, 0.25) is 5.02 Å². The lowest BCUT2D eigenvalue weighted by atomic mass is 9.87. The van der Waals surface area contributed by atoms with Gasteiger partial charge in [-0.15, -0.1) is 0 Å². The molecular weight excluding hydrogens is 445 g/mol. The molecule has 0 aliphatic carbocycles. The van der Waals surface area contributed by atoms with Gasteiger partial charge in [0, 0.05) is 36.8 Å². The minimum absolute atomic E-state index is 0.0427. The molecule has 1 atom stereocenters. The lowest BCUT2D eigenvalue weighted by Crippen LogP contribution is -2.31. The highest BCUT2D eigenvalue weighted by Gasteiger charge is 2.39. The second-order valence-corrected chi connectivity index (χ2v) is 9.20. The van der Waals surface area contributed by atoms with E-state index in [0.717, 1.165) is 38.1 Å². The van der Waals surface area contributed by atoms with E-state index < -0.39 is 5.82 Å². The Bertz CT molecular complexity index is 1160.